The van der Waals surface area contributed by atoms with E-state index in [0.717, 1.165) is 5.56 Å². The molecule has 2 N–H and O–H groups in total. The topological polar surface area (TPSA) is 87.7 Å². The first-order valence-corrected chi connectivity index (χ1v) is 11.5. The van der Waals surface area contributed by atoms with E-state index in [1.54, 1.807) is 50.7 Å². The zero-order valence-corrected chi connectivity index (χ0v) is 20.0. The third-order valence-corrected chi connectivity index (χ3v) is 5.88. The summed E-state index contributed by atoms with van der Waals surface area (Å²) in [4.78, 5) is 38.9. The van der Waals surface area contributed by atoms with Gasteiger partial charge in [-0.05, 0) is 49.4 Å². The number of ether oxygens (including phenoxy) is 1. The van der Waals surface area contributed by atoms with E-state index in [-0.39, 0.29) is 36.3 Å². The summed E-state index contributed by atoms with van der Waals surface area (Å²) in [7, 11) is 3.38. The fourth-order valence-electron chi connectivity index (χ4n) is 3.38. The summed E-state index contributed by atoms with van der Waals surface area (Å²) in [5.74, 6) is -1.38. The predicted octanol–water partition coefficient (Wildman–Crippen LogP) is 4.16. The smallest absolute Gasteiger partial charge is 0.341 e. The number of anilines is 1. The molecule has 0 aliphatic heterocycles. The van der Waals surface area contributed by atoms with Gasteiger partial charge in [-0.1, -0.05) is 24.3 Å². The summed E-state index contributed by atoms with van der Waals surface area (Å²) in [5, 5.41) is 7.51. The van der Waals surface area contributed by atoms with E-state index in [1.807, 2.05) is 17.0 Å². The molecule has 0 fully saturated rings. The van der Waals surface area contributed by atoms with Crippen LogP contribution in [0.3, 0.4) is 0 Å². The molecule has 7 nitrogen and oxygen atoms in total. The van der Waals surface area contributed by atoms with Crippen LogP contribution < -0.4 is 10.6 Å². The van der Waals surface area contributed by atoms with Crippen molar-refractivity contribution in [2.45, 2.75) is 13.5 Å². The van der Waals surface area contributed by atoms with Crippen LogP contribution in [0, 0.1) is 5.82 Å². The third kappa shape index (κ3) is 6.27. The molecular weight excluding hydrogens is 457 g/mol. The number of benzene rings is 2. The first kappa shape index (κ1) is 25.1. The van der Waals surface area contributed by atoms with E-state index in [0.29, 0.717) is 28.2 Å². The molecule has 3 aromatic rings. The van der Waals surface area contributed by atoms with E-state index in [2.05, 4.69) is 10.6 Å². The highest BCUT2D eigenvalue weighted by atomic mass is 32.1. The van der Waals surface area contributed by atoms with Crippen molar-refractivity contribution in [1.82, 2.24) is 10.2 Å². The Labute approximate surface area is 201 Å². The normalized spacial score (nSPS) is 10.7. The molecule has 2 aromatic carbocycles. The fraction of sp³-hybridized carbons (Fsp3) is 0.240. The number of likely N-dealkylation sites (N-methyl/N-ethyl adjacent to an activating group) is 1. The first-order valence-electron chi connectivity index (χ1n) is 10.7. The van der Waals surface area contributed by atoms with Crippen molar-refractivity contribution in [3.63, 3.8) is 0 Å². The highest BCUT2D eigenvalue weighted by molar-refractivity contribution is 7.15. The Morgan fingerprint density at radius 1 is 1.06 bits per heavy atom. The van der Waals surface area contributed by atoms with Gasteiger partial charge in [-0.3, -0.25) is 14.5 Å². The highest BCUT2D eigenvalue weighted by Crippen LogP contribution is 2.36. The maximum Gasteiger partial charge on any atom is 0.341 e. The second-order valence-corrected chi connectivity index (χ2v) is 8.46. The zero-order chi connectivity index (χ0) is 24.7. The highest BCUT2D eigenvalue weighted by Gasteiger charge is 2.23. The molecule has 0 aliphatic rings. The van der Waals surface area contributed by atoms with Gasteiger partial charge in [-0.25, -0.2) is 9.18 Å². The van der Waals surface area contributed by atoms with E-state index in [4.69, 9.17) is 4.74 Å². The van der Waals surface area contributed by atoms with Crippen LogP contribution >= 0.6 is 11.3 Å². The standard InChI is InChI=1S/C25H26FN3O4S/c1-4-33-25(32)22-20(17-9-11-19(26)12-10-17)15-34-24(22)28-21(30)14-29(3)13-16-5-7-18(8-6-16)23(31)27-2/h5-12,15H,4,13-14H2,1-3H3,(H,27,31)(H,28,30). The number of thiophene rings is 1. The second-order valence-electron chi connectivity index (χ2n) is 7.58. The molecule has 1 heterocycles. The average molecular weight is 484 g/mol. The van der Waals surface area contributed by atoms with Crippen molar-refractivity contribution >= 4 is 34.1 Å². The molecule has 0 saturated heterocycles. The van der Waals surface area contributed by atoms with Gasteiger partial charge in [-0.15, -0.1) is 11.3 Å². The number of carbonyl (C=O) groups excluding carboxylic acids is 3. The van der Waals surface area contributed by atoms with Gasteiger partial charge in [-0.2, -0.15) is 0 Å². The van der Waals surface area contributed by atoms with Gasteiger partial charge in [0.05, 0.1) is 13.2 Å². The number of nitrogens with one attached hydrogen (secondary N) is 2. The molecule has 178 valence electrons. The van der Waals surface area contributed by atoms with Crippen LogP contribution in [0.15, 0.2) is 53.9 Å². The lowest BCUT2D eigenvalue weighted by molar-refractivity contribution is -0.117. The maximum absolute atomic E-state index is 13.3. The van der Waals surface area contributed by atoms with Crippen LogP contribution in [0.25, 0.3) is 11.1 Å². The predicted molar refractivity (Wildman–Crippen MR) is 130 cm³/mol. The molecule has 0 aliphatic carbocycles. The lowest BCUT2D eigenvalue weighted by Crippen LogP contribution is -2.30. The Balaban J connectivity index is 1.70. The molecule has 0 bridgehead atoms. The van der Waals surface area contributed by atoms with Crippen LogP contribution in [0.4, 0.5) is 9.39 Å². The van der Waals surface area contributed by atoms with E-state index in [9.17, 15) is 18.8 Å². The molecule has 0 radical (unpaired) electrons. The van der Waals surface area contributed by atoms with Crippen LogP contribution in [0.5, 0.6) is 0 Å². The lowest BCUT2D eigenvalue weighted by atomic mass is 10.0. The quantitative estimate of drug-likeness (QED) is 0.446. The molecule has 0 saturated carbocycles. The van der Waals surface area contributed by atoms with Gasteiger partial charge < -0.3 is 15.4 Å². The van der Waals surface area contributed by atoms with E-state index >= 15 is 0 Å². The van der Waals surface area contributed by atoms with Crippen molar-refractivity contribution in [1.29, 1.82) is 0 Å². The van der Waals surface area contributed by atoms with Gasteiger partial charge >= 0.3 is 5.97 Å². The molecule has 0 unspecified atom stereocenters. The summed E-state index contributed by atoms with van der Waals surface area (Å²) in [6.45, 7) is 2.48. The fourth-order valence-corrected chi connectivity index (χ4v) is 4.36. The minimum Gasteiger partial charge on any atom is -0.462 e. The Morgan fingerprint density at radius 3 is 2.35 bits per heavy atom. The lowest BCUT2D eigenvalue weighted by Gasteiger charge is -2.16. The SMILES string of the molecule is CCOC(=O)c1c(-c2ccc(F)cc2)csc1NC(=O)CN(C)Cc1ccc(C(=O)NC)cc1. The van der Waals surface area contributed by atoms with Crippen molar-refractivity contribution < 1.29 is 23.5 Å². The van der Waals surface area contributed by atoms with Gasteiger partial charge in [0.15, 0.2) is 0 Å². The van der Waals surface area contributed by atoms with E-state index in [1.165, 1.54) is 23.5 Å². The molecule has 9 heteroatoms. The number of nitrogens with zero attached hydrogens (tertiary/aromatic N) is 1. The molecule has 1 aromatic heterocycles. The minimum absolute atomic E-state index is 0.0866. The Bertz CT molecular complexity index is 1160. The number of halogens is 1. The van der Waals surface area contributed by atoms with Crippen LogP contribution in [-0.2, 0) is 16.1 Å². The van der Waals surface area contributed by atoms with Gasteiger partial charge in [0.2, 0.25) is 5.91 Å². The Hall–Kier alpha value is -3.56. The summed E-state index contributed by atoms with van der Waals surface area (Å²) in [6.07, 6.45) is 0. The molecule has 0 atom stereocenters. The first-order chi connectivity index (χ1) is 16.3. The average Bonchev–Trinajstić information content (AvgIpc) is 3.22. The summed E-state index contributed by atoms with van der Waals surface area (Å²) < 4.78 is 18.5. The molecular formula is C25H26FN3O4S. The summed E-state index contributed by atoms with van der Waals surface area (Å²) in [5.41, 5.74) is 2.98. The summed E-state index contributed by atoms with van der Waals surface area (Å²) in [6, 6.07) is 12.9. The van der Waals surface area contributed by atoms with Crippen molar-refractivity contribution in [3.8, 4) is 11.1 Å². The van der Waals surface area contributed by atoms with Crippen molar-refractivity contribution in [3.05, 3.63) is 76.4 Å². The number of esters is 1. The van der Waals surface area contributed by atoms with Gasteiger partial charge in [0.1, 0.15) is 16.4 Å². The largest absolute Gasteiger partial charge is 0.462 e. The molecule has 34 heavy (non-hydrogen) atoms. The van der Waals surface area contributed by atoms with Crippen molar-refractivity contribution in [2.75, 3.05) is 32.6 Å². The second kappa shape index (κ2) is 11.5. The maximum atomic E-state index is 13.3. The number of carbonyl (C=O) groups is 3. The molecule has 3 rings (SSSR count). The number of hydrogen-bond acceptors (Lipinski definition) is 6. The molecule has 0 spiro atoms. The summed E-state index contributed by atoms with van der Waals surface area (Å²) >= 11 is 1.21. The Morgan fingerprint density at radius 2 is 1.74 bits per heavy atom. The van der Waals surface area contributed by atoms with Crippen LogP contribution in [0.2, 0.25) is 0 Å². The van der Waals surface area contributed by atoms with E-state index < -0.39 is 5.97 Å². The van der Waals surface area contributed by atoms with Crippen LogP contribution in [0.1, 0.15) is 33.2 Å². The van der Waals surface area contributed by atoms with Gasteiger partial charge in [0.25, 0.3) is 5.91 Å². The van der Waals surface area contributed by atoms with Crippen molar-refractivity contribution in [2.24, 2.45) is 0 Å². The van der Waals surface area contributed by atoms with Crippen LogP contribution in [-0.4, -0.2) is 49.9 Å². The zero-order valence-electron chi connectivity index (χ0n) is 19.2. The monoisotopic (exact) mass is 483 g/mol. The molecule has 2 amide bonds. The number of hydrogen-bond donors (Lipinski definition) is 2. The Kier molecular flexibility index (Phi) is 8.50. The number of rotatable bonds is 9. The number of amides is 2. The third-order valence-electron chi connectivity index (χ3n) is 4.99. The minimum atomic E-state index is -0.553. The van der Waals surface area contributed by atoms with Gasteiger partial charge in [0, 0.05) is 30.1 Å².